The number of hydrogen-bond donors (Lipinski definition) is 0. The van der Waals surface area contributed by atoms with E-state index in [2.05, 4.69) is 9.36 Å². The Kier molecular flexibility index (Phi) is 2.78. The normalized spacial score (nSPS) is 10.5. The topological polar surface area (TPSA) is 25.8 Å². The van der Waals surface area contributed by atoms with Crippen molar-refractivity contribution in [1.82, 2.24) is 9.36 Å². The molecule has 2 aromatic rings. The molecule has 0 N–H and O–H groups in total. The van der Waals surface area contributed by atoms with E-state index in [1.54, 1.807) is 12.1 Å². The molecule has 0 aliphatic heterocycles. The number of rotatable bonds is 1. The summed E-state index contributed by atoms with van der Waals surface area (Å²) < 4.78 is 18.1. The molecular weight excluding hydrogens is 314 g/mol. The van der Waals surface area contributed by atoms with Gasteiger partial charge in [-0.15, -0.1) is 0 Å². The second kappa shape index (κ2) is 3.90. The molecule has 5 heteroatoms. The van der Waals surface area contributed by atoms with Crippen molar-refractivity contribution in [3.63, 3.8) is 0 Å². The van der Waals surface area contributed by atoms with Gasteiger partial charge in [-0.1, -0.05) is 11.6 Å². The molecule has 1 aromatic carbocycles. The quantitative estimate of drug-likeness (QED) is 0.754. The summed E-state index contributed by atoms with van der Waals surface area (Å²) in [6.07, 6.45) is 0. The number of halogens is 2. The Bertz CT molecular complexity index is 470. The van der Waals surface area contributed by atoms with E-state index in [1.165, 1.54) is 17.6 Å². The zero-order chi connectivity index (χ0) is 10.1. The molecule has 0 spiro atoms. The molecule has 0 amide bonds. The molecule has 0 aliphatic rings. The summed E-state index contributed by atoms with van der Waals surface area (Å²) in [5.41, 5.74) is 1.55. The van der Waals surface area contributed by atoms with E-state index in [9.17, 15) is 4.39 Å². The summed E-state index contributed by atoms with van der Waals surface area (Å²) in [6, 6.07) is 4.98. The summed E-state index contributed by atoms with van der Waals surface area (Å²) in [6.45, 7) is 1.93. The van der Waals surface area contributed by atoms with E-state index in [-0.39, 0.29) is 5.82 Å². The molecule has 0 saturated heterocycles. The van der Waals surface area contributed by atoms with Crippen molar-refractivity contribution in [2.45, 2.75) is 6.92 Å². The first-order valence-electron chi connectivity index (χ1n) is 3.92. The largest absolute Gasteiger partial charge is 0.209 e. The molecule has 0 radical (unpaired) electrons. The van der Waals surface area contributed by atoms with Gasteiger partial charge in [0.15, 0.2) is 0 Å². The predicted molar refractivity (Wildman–Crippen MR) is 62.8 cm³/mol. The SMILES string of the molecule is Cc1ccc(F)c(-c2nc(I)ns2)c1. The molecule has 1 aromatic heterocycles. The zero-order valence-corrected chi connectivity index (χ0v) is 10.3. The van der Waals surface area contributed by atoms with Crippen molar-refractivity contribution in [3.8, 4) is 10.6 Å². The Morgan fingerprint density at radius 2 is 2.21 bits per heavy atom. The van der Waals surface area contributed by atoms with Gasteiger partial charge in [0.2, 0.25) is 3.83 Å². The van der Waals surface area contributed by atoms with Gasteiger partial charge in [0, 0.05) is 28.2 Å². The molecule has 14 heavy (non-hydrogen) atoms. The molecule has 1 heterocycles. The Morgan fingerprint density at radius 1 is 1.43 bits per heavy atom. The van der Waals surface area contributed by atoms with Crippen LogP contribution in [0.1, 0.15) is 5.56 Å². The average Bonchev–Trinajstić information content (AvgIpc) is 2.56. The Balaban J connectivity index is 2.55. The summed E-state index contributed by atoms with van der Waals surface area (Å²) >= 11 is 3.23. The summed E-state index contributed by atoms with van der Waals surface area (Å²) in [4.78, 5) is 4.14. The lowest BCUT2D eigenvalue weighted by atomic mass is 10.1. The third-order valence-electron chi connectivity index (χ3n) is 1.75. The highest BCUT2D eigenvalue weighted by atomic mass is 127. The Hall–Kier alpha value is -0.560. The molecule has 0 atom stereocenters. The van der Waals surface area contributed by atoms with Gasteiger partial charge in [0.25, 0.3) is 0 Å². The van der Waals surface area contributed by atoms with Crippen LogP contribution >= 0.6 is 34.1 Å². The maximum Gasteiger partial charge on any atom is 0.203 e. The minimum atomic E-state index is -0.247. The van der Waals surface area contributed by atoms with Crippen LogP contribution in [0.4, 0.5) is 4.39 Å². The number of hydrogen-bond acceptors (Lipinski definition) is 3. The minimum Gasteiger partial charge on any atom is -0.209 e. The van der Waals surface area contributed by atoms with Gasteiger partial charge < -0.3 is 0 Å². The number of aromatic nitrogens is 2. The van der Waals surface area contributed by atoms with Crippen LogP contribution in [0.5, 0.6) is 0 Å². The van der Waals surface area contributed by atoms with Crippen molar-refractivity contribution in [3.05, 3.63) is 33.4 Å². The maximum atomic E-state index is 13.4. The van der Waals surface area contributed by atoms with Crippen LogP contribution < -0.4 is 0 Å². The molecular formula is C9H6FIN2S. The summed E-state index contributed by atoms with van der Waals surface area (Å²) in [7, 11) is 0. The second-order valence-corrected chi connectivity index (χ2v) is 4.57. The molecule has 0 saturated carbocycles. The lowest BCUT2D eigenvalue weighted by Crippen LogP contribution is -1.85. The van der Waals surface area contributed by atoms with Crippen LogP contribution in [-0.4, -0.2) is 9.36 Å². The number of aryl methyl sites for hydroxylation is 1. The monoisotopic (exact) mass is 320 g/mol. The van der Waals surface area contributed by atoms with Crippen molar-refractivity contribution < 1.29 is 4.39 Å². The smallest absolute Gasteiger partial charge is 0.203 e. The highest BCUT2D eigenvalue weighted by Gasteiger charge is 2.09. The number of benzene rings is 1. The lowest BCUT2D eigenvalue weighted by Gasteiger charge is -1.99. The van der Waals surface area contributed by atoms with Gasteiger partial charge >= 0.3 is 0 Å². The van der Waals surface area contributed by atoms with Crippen LogP contribution in [0, 0.1) is 16.6 Å². The lowest BCUT2D eigenvalue weighted by molar-refractivity contribution is 0.631. The molecule has 2 nitrogen and oxygen atoms in total. The molecule has 0 unspecified atom stereocenters. The summed E-state index contributed by atoms with van der Waals surface area (Å²) in [5.74, 6) is -0.247. The first-order chi connectivity index (χ1) is 6.66. The number of nitrogens with zero attached hydrogens (tertiary/aromatic N) is 2. The van der Waals surface area contributed by atoms with Gasteiger partial charge in [-0.3, -0.25) is 0 Å². The van der Waals surface area contributed by atoms with Crippen LogP contribution in [0.2, 0.25) is 0 Å². The average molecular weight is 320 g/mol. The fourth-order valence-electron chi connectivity index (χ4n) is 1.12. The van der Waals surface area contributed by atoms with Crippen molar-refractivity contribution >= 4 is 34.1 Å². The van der Waals surface area contributed by atoms with Gasteiger partial charge in [-0.05, 0) is 30.6 Å². The zero-order valence-electron chi connectivity index (χ0n) is 7.29. The minimum absolute atomic E-state index is 0.247. The Morgan fingerprint density at radius 3 is 2.86 bits per heavy atom. The highest BCUT2D eigenvalue weighted by Crippen LogP contribution is 2.25. The third kappa shape index (κ3) is 1.93. The van der Waals surface area contributed by atoms with Crippen LogP contribution in [0.3, 0.4) is 0 Å². The van der Waals surface area contributed by atoms with E-state index in [4.69, 9.17) is 0 Å². The van der Waals surface area contributed by atoms with Crippen molar-refractivity contribution in [2.75, 3.05) is 0 Å². The predicted octanol–water partition coefficient (Wildman–Crippen LogP) is 3.26. The molecule has 2 rings (SSSR count). The maximum absolute atomic E-state index is 13.4. The van der Waals surface area contributed by atoms with Gasteiger partial charge in [0.05, 0.1) is 0 Å². The van der Waals surface area contributed by atoms with Gasteiger partial charge in [0.1, 0.15) is 10.8 Å². The standard InChI is InChI=1S/C9H6FIN2S/c1-5-2-3-7(10)6(4-5)8-12-9(11)13-14-8/h2-4H,1H3. The van der Waals surface area contributed by atoms with E-state index >= 15 is 0 Å². The van der Waals surface area contributed by atoms with E-state index in [1.807, 2.05) is 29.5 Å². The third-order valence-corrected chi connectivity index (χ3v) is 3.31. The second-order valence-electron chi connectivity index (χ2n) is 2.85. The molecule has 0 fully saturated rings. The van der Waals surface area contributed by atoms with E-state index < -0.39 is 0 Å². The Labute approximate surface area is 98.5 Å². The van der Waals surface area contributed by atoms with Gasteiger partial charge in [-0.2, -0.15) is 4.37 Å². The molecule has 72 valence electrons. The fourth-order valence-corrected chi connectivity index (χ4v) is 2.40. The first kappa shape index (κ1) is 9.97. The van der Waals surface area contributed by atoms with Crippen LogP contribution in [0.25, 0.3) is 10.6 Å². The molecule has 0 aliphatic carbocycles. The van der Waals surface area contributed by atoms with Crippen molar-refractivity contribution in [2.24, 2.45) is 0 Å². The van der Waals surface area contributed by atoms with Gasteiger partial charge in [-0.25, -0.2) is 9.37 Å². The van der Waals surface area contributed by atoms with Crippen molar-refractivity contribution in [1.29, 1.82) is 0 Å². The fraction of sp³-hybridized carbons (Fsp3) is 0.111. The van der Waals surface area contributed by atoms with Crippen LogP contribution in [-0.2, 0) is 0 Å². The summed E-state index contributed by atoms with van der Waals surface area (Å²) in [5, 5.41) is 0.635. The van der Waals surface area contributed by atoms with E-state index in [0.717, 1.165) is 5.56 Å². The molecule has 0 bridgehead atoms. The van der Waals surface area contributed by atoms with Crippen LogP contribution in [0.15, 0.2) is 18.2 Å². The highest BCUT2D eigenvalue weighted by molar-refractivity contribution is 14.1. The van der Waals surface area contributed by atoms with E-state index in [0.29, 0.717) is 14.4 Å². The first-order valence-corrected chi connectivity index (χ1v) is 5.78.